The van der Waals surface area contributed by atoms with Crippen molar-refractivity contribution in [3.8, 4) is 0 Å². The average molecular weight is 377 g/mol. The number of hydrogen-bond acceptors (Lipinski definition) is 5. The predicted octanol–water partition coefficient (Wildman–Crippen LogP) is 2.55. The summed E-state index contributed by atoms with van der Waals surface area (Å²) >= 11 is 0. The first-order chi connectivity index (χ1) is 12.3. The highest BCUT2D eigenvalue weighted by Gasteiger charge is 2.25. The van der Waals surface area contributed by atoms with Gasteiger partial charge >= 0.3 is 0 Å². The number of piperidine rings is 1. The van der Waals surface area contributed by atoms with Crippen LogP contribution in [0.3, 0.4) is 0 Å². The number of likely N-dealkylation sites (tertiary alicyclic amines) is 1. The van der Waals surface area contributed by atoms with Crippen LogP contribution in [0.5, 0.6) is 0 Å². The Morgan fingerprint density at radius 1 is 1.19 bits per heavy atom. The van der Waals surface area contributed by atoms with Gasteiger partial charge in [0.15, 0.2) is 5.78 Å². The van der Waals surface area contributed by atoms with Gasteiger partial charge in [0.05, 0.1) is 4.90 Å². The van der Waals surface area contributed by atoms with Gasteiger partial charge in [-0.25, -0.2) is 17.8 Å². The Morgan fingerprint density at radius 3 is 2.58 bits per heavy atom. The minimum Gasteiger partial charge on any atom is -0.306 e. The fourth-order valence-corrected chi connectivity index (χ4v) is 3.97. The van der Waals surface area contributed by atoms with Crippen LogP contribution in [0.1, 0.15) is 23.3 Å². The maximum absolute atomic E-state index is 13.3. The van der Waals surface area contributed by atoms with E-state index >= 15 is 0 Å². The topological polar surface area (TPSA) is 79.4 Å². The first kappa shape index (κ1) is 18.5. The number of benzene rings is 1. The maximum atomic E-state index is 13.3. The van der Waals surface area contributed by atoms with Crippen LogP contribution in [0.15, 0.2) is 47.4 Å². The number of rotatable bonds is 5. The molecule has 0 atom stereocenters. The van der Waals surface area contributed by atoms with Crippen LogP contribution in [-0.4, -0.2) is 44.2 Å². The molecule has 1 fully saturated rings. The van der Waals surface area contributed by atoms with Crippen LogP contribution < -0.4 is 4.72 Å². The lowest BCUT2D eigenvalue weighted by Gasteiger charge is -2.27. The van der Waals surface area contributed by atoms with Crippen molar-refractivity contribution in [2.24, 2.45) is 5.92 Å². The van der Waals surface area contributed by atoms with E-state index in [9.17, 15) is 17.6 Å². The number of sulfonamides is 1. The van der Waals surface area contributed by atoms with Gasteiger partial charge in [-0.15, -0.1) is 0 Å². The zero-order chi connectivity index (χ0) is 18.7. The van der Waals surface area contributed by atoms with E-state index in [4.69, 9.17) is 0 Å². The van der Waals surface area contributed by atoms with Crippen LogP contribution in [-0.2, 0) is 10.0 Å². The van der Waals surface area contributed by atoms with E-state index in [-0.39, 0.29) is 28.1 Å². The smallest absolute Gasteiger partial charge is 0.263 e. The summed E-state index contributed by atoms with van der Waals surface area (Å²) in [5, 5.41) is 0. The van der Waals surface area contributed by atoms with Crippen molar-refractivity contribution >= 4 is 21.6 Å². The normalized spacial score (nSPS) is 16.4. The standard InChI is InChI=1S/C18H20FN3O3S/c1-22-10-8-13(9-11-22)18(23)16-6-3-7-17(20-16)21-26(24,25)15-5-2-4-14(19)12-15/h2-7,12-13H,8-11H2,1H3,(H,20,21). The highest BCUT2D eigenvalue weighted by Crippen LogP contribution is 2.22. The van der Waals surface area contributed by atoms with Gasteiger partial charge in [-0.3, -0.25) is 9.52 Å². The molecular weight excluding hydrogens is 357 g/mol. The molecule has 0 spiro atoms. The van der Waals surface area contributed by atoms with Gasteiger partial charge in [-0.1, -0.05) is 12.1 Å². The Morgan fingerprint density at radius 2 is 1.88 bits per heavy atom. The quantitative estimate of drug-likeness (QED) is 0.810. The molecule has 3 rings (SSSR count). The molecule has 0 aliphatic carbocycles. The second-order valence-corrected chi connectivity index (χ2v) is 8.10. The van der Waals surface area contributed by atoms with Crippen LogP contribution in [0.2, 0.25) is 0 Å². The van der Waals surface area contributed by atoms with Crippen molar-refractivity contribution in [2.75, 3.05) is 24.9 Å². The summed E-state index contributed by atoms with van der Waals surface area (Å²) in [6, 6.07) is 9.33. The molecule has 1 aromatic carbocycles. The molecule has 1 aliphatic heterocycles. The van der Waals surface area contributed by atoms with Gasteiger partial charge in [-0.2, -0.15) is 0 Å². The Hall–Kier alpha value is -2.32. The van der Waals surface area contributed by atoms with E-state index in [1.807, 2.05) is 7.05 Å². The van der Waals surface area contributed by atoms with Crippen LogP contribution in [0.4, 0.5) is 10.2 Å². The molecule has 26 heavy (non-hydrogen) atoms. The Balaban J connectivity index is 1.78. The lowest BCUT2D eigenvalue weighted by molar-refractivity contribution is 0.0851. The van der Waals surface area contributed by atoms with Crippen molar-refractivity contribution in [3.05, 3.63) is 54.0 Å². The van der Waals surface area contributed by atoms with Crippen molar-refractivity contribution in [1.82, 2.24) is 9.88 Å². The summed E-state index contributed by atoms with van der Waals surface area (Å²) in [7, 11) is -1.97. The molecule has 0 amide bonds. The predicted molar refractivity (Wildman–Crippen MR) is 96.0 cm³/mol. The highest BCUT2D eigenvalue weighted by atomic mass is 32.2. The summed E-state index contributed by atoms with van der Waals surface area (Å²) in [5.74, 6) is -0.793. The third kappa shape index (κ3) is 4.25. The Labute approximate surface area is 152 Å². The number of halogens is 1. The van der Waals surface area contributed by atoms with Crippen LogP contribution in [0, 0.1) is 11.7 Å². The first-order valence-electron chi connectivity index (χ1n) is 8.33. The lowest BCUT2D eigenvalue weighted by Crippen LogP contribution is -2.33. The van der Waals surface area contributed by atoms with Crippen LogP contribution >= 0.6 is 0 Å². The van der Waals surface area contributed by atoms with Gasteiger partial charge < -0.3 is 4.90 Å². The van der Waals surface area contributed by atoms with E-state index < -0.39 is 15.8 Å². The molecule has 0 bridgehead atoms. The number of carbonyl (C=O) groups is 1. The summed E-state index contributed by atoms with van der Waals surface area (Å²) in [6.07, 6.45) is 1.52. The summed E-state index contributed by atoms with van der Waals surface area (Å²) in [4.78, 5) is 18.7. The fraction of sp³-hybridized carbons (Fsp3) is 0.333. The maximum Gasteiger partial charge on any atom is 0.263 e. The molecule has 8 heteroatoms. The number of Topliss-reactive ketones (excluding diaryl/α,β-unsaturated/α-hetero) is 1. The largest absolute Gasteiger partial charge is 0.306 e. The molecule has 1 aromatic heterocycles. The summed E-state index contributed by atoms with van der Waals surface area (Å²) in [6.45, 7) is 1.70. The highest BCUT2D eigenvalue weighted by molar-refractivity contribution is 7.92. The minimum atomic E-state index is -3.98. The van der Waals surface area contributed by atoms with Crippen molar-refractivity contribution < 1.29 is 17.6 Å². The first-order valence-corrected chi connectivity index (χ1v) is 9.82. The molecule has 138 valence electrons. The summed E-state index contributed by atoms with van der Waals surface area (Å²) in [5.41, 5.74) is 0.235. The molecular formula is C18H20FN3O3S. The molecule has 1 N–H and O–H groups in total. The number of anilines is 1. The Bertz CT molecular complexity index is 909. The van der Waals surface area contributed by atoms with Crippen LogP contribution in [0.25, 0.3) is 0 Å². The number of carbonyl (C=O) groups excluding carboxylic acids is 1. The van der Waals surface area contributed by atoms with Gasteiger partial charge in [0.1, 0.15) is 17.3 Å². The molecule has 1 saturated heterocycles. The number of nitrogens with zero attached hydrogens (tertiary/aromatic N) is 2. The van der Waals surface area contributed by atoms with Crippen molar-refractivity contribution in [1.29, 1.82) is 0 Å². The summed E-state index contributed by atoms with van der Waals surface area (Å²) < 4.78 is 40.3. The zero-order valence-corrected chi connectivity index (χ0v) is 15.2. The molecule has 2 heterocycles. The lowest BCUT2D eigenvalue weighted by atomic mass is 9.91. The minimum absolute atomic E-state index is 0.0352. The average Bonchev–Trinajstić information content (AvgIpc) is 2.62. The molecule has 1 aliphatic rings. The van der Waals surface area contributed by atoms with E-state index in [0.29, 0.717) is 0 Å². The number of aromatic nitrogens is 1. The van der Waals surface area contributed by atoms with E-state index in [1.54, 1.807) is 12.1 Å². The third-order valence-electron chi connectivity index (χ3n) is 4.44. The van der Waals surface area contributed by atoms with E-state index in [2.05, 4.69) is 14.6 Å². The van der Waals surface area contributed by atoms with Gasteiger partial charge in [0.2, 0.25) is 0 Å². The molecule has 6 nitrogen and oxygen atoms in total. The van der Waals surface area contributed by atoms with Crippen molar-refractivity contribution in [2.45, 2.75) is 17.7 Å². The van der Waals surface area contributed by atoms with Crippen molar-refractivity contribution in [3.63, 3.8) is 0 Å². The zero-order valence-electron chi connectivity index (χ0n) is 14.4. The number of pyridine rings is 1. The fourth-order valence-electron chi connectivity index (χ4n) is 2.94. The van der Waals surface area contributed by atoms with Gasteiger partial charge in [0, 0.05) is 5.92 Å². The number of nitrogens with one attached hydrogen (secondary N) is 1. The monoisotopic (exact) mass is 377 g/mol. The molecule has 0 saturated carbocycles. The number of ketones is 1. The van der Waals surface area contributed by atoms with Gasteiger partial charge in [0.25, 0.3) is 10.0 Å². The second-order valence-electron chi connectivity index (χ2n) is 6.41. The SMILES string of the molecule is CN1CCC(C(=O)c2cccc(NS(=O)(=O)c3cccc(F)c3)n2)CC1. The van der Waals surface area contributed by atoms with E-state index in [1.165, 1.54) is 18.2 Å². The Kier molecular flexibility index (Phi) is 5.33. The molecule has 0 radical (unpaired) electrons. The second kappa shape index (κ2) is 7.51. The van der Waals surface area contributed by atoms with E-state index in [0.717, 1.165) is 38.1 Å². The third-order valence-corrected chi connectivity index (χ3v) is 5.79. The molecule has 2 aromatic rings. The molecule has 0 unspecified atom stereocenters. The van der Waals surface area contributed by atoms with Gasteiger partial charge in [-0.05, 0) is 63.3 Å². The number of hydrogen-bond donors (Lipinski definition) is 1.